The number of carbonyl (C=O) groups excluding carboxylic acids is 1. The smallest absolute Gasteiger partial charge is 0.258 e. The molecule has 1 aromatic carbocycles. The number of rotatable bonds is 3. The molecule has 10 nitrogen and oxygen atoms in total. The molecule has 32 heavy (non-hydrogen) atoms. The van der Waals surface area contributed by atoms with Gasteiger partial charge in [-0.05, 0) is 18.2 Å². The van der Waals surface area contributed by atoms with E-state index < -0.39 is 6.10 Å². The van der Waals surface area contributed by atoms with Crippen molar-refractivity contribution in [3.8, 4) is 17.1 Å². The number of hydrogen-bond donors (Lipinski definition) is 0. The van der Waals surface area contributed by atoms with Gasteiger partial charge in [0, 0.05) is 25.9 Å². The van der Waals surface area contributed by atoms with E-state index in [1.165, 1.54) is 17.0 Å². The fourth-order valence-corrected chi connectivity index (χ4v) is 3.94. The molecule has 1 unspecified atom stereocenters. The van der Waals surface area contributed by atoms with Gasteiger partial charge in [-0.3, -0.25) is 14.2 Å². The topological polar surface area (TPSA) is 103 Å². The summed E-state index contributed by atoms with van der Waals surface area (Å²) in [6.07, 6.45) is 2.33. The highest BCUT2D eigenvalue weighted by molar-refractivity contribution is 5.98. The average Bonchev–Trinajstić information content (AvgIpc) is 2.85. The molecule has 1 amide bonds. The molecule has 5 rings (SSSR count). The number of fused-ring (bicyclic) bond motifs is 1. The number of carbonyl (C=O) groups is 1. The quantitative estimate of drug-likeness (QED) is 0.598. The average molecular weight is 434 g/mol. The molecule has 0 N–H and O–H groups in total. The highest BCUT2D eigenvalue weighted by atomic mass is 16.5. The van der Waals surface area contributed by atoms with Crippen molar-refractivity contribution in [1.82, 2.24) is 19.5 Å². The van der Waals surface area contributed by atoms with Crippen molar-refractivity contribution in [2.24, 2.45) is 7.05 Å². The second-order valence-electron chi connectivity index (χ2n) is 7.54. The van der Waals surface area contributed by atoms with Crippen molar-refractivity contribution in [3.63, 3.8) is 0 Å². The summed E-state index contributed by atoms with van der Waals surface area (Å²) in [6, 6.07) is 10.6. The third-order valence-electron chi connectivity index (χ3n) is 5.57. The monoisotopic (exact) mass is 434 g/mol. The number of aromatic nitrogens is 4. The van der Waals surface area contributed by atoms with Gasteiger partial charge in [0.15, 0.2) is 6.10 Å². The van der Waals surface area contributed by atoms with Gasteiger partial charge in [0.05, 0.1) is 36.8 Å². The van der Waals surface area contributed by atoms with Gasteiger partial charge in [-0.25, -0.2) is 15.0 Å². The largest absolute Gasteiger partial charge is 0.490 e. The lowest BCUT2D eigenvalue weighted by Gasteiger charge is -2.37. The van der Waals surface area contributed by atoms with Gasteiger partial charge in [0.1, 0.15) is 18.7 Å². The third-order valence-corrected chi connectivity index (χ3v) is 5.57. The predicted molar refractivity (Wildman–Crippen MR) is 117 cm³/mol. The number of hydrogen-bond acceptors (Lipinski definition) is 8. The number of morpholine rings is 1. The molecule has 10 heteroatoms. The highest BCUT2D eigenvalue weighted by Crippen LogP contribution is 2.32. The van der Waals surface area contributed by atoms with E-state index >= 15 is 0 Å². The second kappa shape index (κ2) is 8.39. The molecular formula is C22H22N6O4. The van der Waals surface area contributed by atoms with E-state index in [0.717, 1.165) is 5.69 Å². The van der Waals surface area contributed by atoms with Gasteiger partial charge >= 0.3 is 0 Å². The normalized spacial score (nSPS) is 18.1. The number of nitrogens with zero attached hydrogens (tertiary/aromatic N) is 6. The standard InChI is InChI=1S/C22H22N6O4/c1-26-20(29)12-16(15-6-7-23-14-24-15)25-22(26)27-8-10-32-19(13-27)21(30)28-9-11-31-18-5-3-2-4-17(18)28/h2-7,12,14,19H,8-11,13H2,1H3. The van der Waals surface area contributed by atoms with Crippen LogP contribution >= 0.6 is 0 Å². The Morgan fingerprint density at radius 1 is 1.12 bits per heavy atom. The van der Waals surface area contributed by atoms with Gasteiger partial charge in [0.2, 0.25) is 5.95 Å². The Hall–Kier alpha value is -3.79. The Morgan fingerprint density at radius 3 is 2.84 bits per heavy atom. The molecule has 1 atom stereocenters. The summed E-state index contributed by atoms with van der Waals surface area (Å²) in [5, 5.41) is 0. The Kier molecular flexibility index (Phi) is 5.28. The van der Waals surface area contributed by atoms with Crippen molar-refractivity contribution in [1.29, 1.82) is 0 Å². The van der Waals surface area contributed by atoms with Gasteiger partial charge in [-0.15, -0.1) is 0 Å². The Morgan fingerprint density at radius 2 is 2.00 bits per heavy atom. The maximum absolute atomic E-state index is 13.3. The molecule has 1 saturated heterocycles. The molecule has 3 aromatic rings. The van der Waals surface area contributed by atoms with Gasteiger partial charge < -0.3 is 19.3 Å². The van der Waals surface area contributed by atoms with E-state index in [1.54, 1.807) is 24.2 Å². The first-order chi connectivity index (χ1) is 15.6. The maximum Gasteiger partial charge on any atom is 0.258 e. The Bertz CT molecular complexity index is 1200. The fraction of sp³-hybridized carbons (Fsp3) is 0.318. The van der Waals surface area contributed by atoms with Crippen LogP contribution in [0.25, 0.3) is 11.4 Å². The first-order valence-electron chi connectivity index (χ1n) is 10.4. The summed E-state index contributed by atoms with van der Waals surface area (Å²) in [5.41, 5.74) is 1.55. The molecule has 0 saturated carbocycles. The Labute approximate surface area is 184 Å². The van der Waals surface area contributed by atoms with Crippen LogP contribution in [0.1, 0.15) is 0 Å². The zero-order chi connectivity index (χ0) is 22.1. The van der Waals surface area contributed by atoms with Crippen LogP contribution in [0.4, 0.5) is 11.6 Å². The molecule has 1 fully saturated rings. The minimum atomic E-state index is -0.686. The molecule has 0 spiro atoms. The van der Waals surface area contributed by atoms with Gasteiger partial charge in [-0.2, -0.15) is 0 Å². The van der Waals surface area contributed by atoms with Crippen LogP contribution in [-0.2, 0) is 16.6 Å². The summed E-state index contributed by atoms with van der Waals surface area (Å²) in [6.45, 7) is 2.02. The van der Waals surface area contributed by atoms with E-state index in [4.69, 9.17) is 9.47 Å². The minimum absolute atomic E-state index is 0.137. The van der Waals surface area contributed by atoms with Crippen molar-refractivity contribution in [2.45, 2.75) is 6.10 Å². The third kappa shape index (κ3) is 3.69. The van der Waals surface area contributed by atoms with E-state index in [9.17, 15) is 9.59 Å². The molecule has 2 aliphatic heterocycles. The zero-order valence-corrected chi connectivity index (χ0v) is 17.5. The number of ether oxygens (including phenoxy) is 2. The van der Waals surface area contributed by atoms with E-state index in [0.29, 0.717) is 49.4 Å². The molecular weight excluding hydrogens is 412 g/mol. The predicted octanol–water partition coefficient (Wildman–Crippen LogP) is 0.868. The van der Waals surface area contributed by atoms with Crippen molar-refractivity contribution < 1.29 is 14.3 Å². The fourth-order valence-electron chi connectivity index (χ4n) is 3.94. The van der Waals surface area contributed by atoms with Crippen LogP contribution < -0.4 is 20.1 Å². The zero-order valence-electron chi connectivity index (χ0n) is 17.5. The van der Waals surface area contributed by atoms with Gasteiger partial charge in [-0.1, -0.05) is 12.1 Å². The lowest BCUT2D eigenvalue weighted by Crippen LogP contribution is -2.53. The number of para-hydroxylation sites is 2. The SMILES string of the molecule is Cn1c(N2CCOC(C(=O)N3CCOc4ccccc43)C2)nc(-c2ccncn2)cc1=O. The number of anilines is 2. The molecule has 0 aliphatic carbocycles. The first kappa shape index (κ1) is 20.1. The summed E-state index contributed by atoms with van der Waals surface area (Å²) in [5.74, 6) is 1.01. The highest BCUT2D eigenvalue weighted by Gasteiger charge is 2.34. The Balaban J connectivity index is 1.42. The molecule has 0 bridgehead atoms. The summed E-state index contributed by atoms with van der Waals surface area (Å²) in [7, 11) is 1.67. The van der Waals surface area contributed by atoms with Crippen LogP contribution in [0, 0.1) is 0 Å². The van der Waals surface area contributed by atoms with Crippen molar-refractivity contribution in [2.75, 3.05) is 42.6 Å². The van der Waals surface area contributed by atoms with Crippen LogP contribution in [-0.4, -0.2) is 64.4 Å². The van der Waals surface area contributed by atoms with Crippen LogP contribution in [0.2, 0.25) is 0 Å². The molecule has 0 radical (unpaired) electrons. The van der Waals surface area contributed by atoms with Crippen LogP contribution in [0.15, 0.2) is 53.7 Å². The van der Waals surface area contributed by atoms with Crippen molar-refractivity contribution in [3.05, 3.63) is 59.3 Å². The lowest BCUT2D eigenvalue weighted by atomic mass is 10.2. The summed E-state index contributed by atoms with van der Waals surface area (Å²) in [4.78, 5) is 42.3. The van der Waals surface area contributed by atoms with E-state index in [2.05, 4.69) is 15.0 Å². The molecule has 2 aromatic heterocycles. The first-order valence-corrected chi connectivity index (χ1v) is 10.4. The molecule has 164 valence electrons. The maximum atomic E-state index is 13.3. The van der Waals surface area contributed by atoms with E-state index in [1.807, 2.05) is 29.2 Å². The summed E-state index contributed by atoms with van der Waals surface area (Å²) >= 11 is 0. The van der Waals surface area contributed by atoms with Gasteiger partial charge in [0.25, 0.3) is 11.5 Å². The minimum Gasteiger partial charge on any atom is -0.490 e. The lowest BCUT2D eigenvalue weighted by molar-refractivity contribution is -0.131. The van der Waals surface area contributed by atoms with Crippen molar-refractivity contribution >= 4 is 17.5 Å². The van der Waals surface area contributed by atoms with Crippen LogP contribution in [0.3, 0.4) is 0 Å². The number of benzene rings is 1. The van der Waals surface area contributed by atoms with E-state index in [-0.39, 0.29) is 18.0 Å². The molecule has 2 aliphatic rings. The molecule has 4 heterocycles. The number of amides is 1. The van der Waals surface area contributed by atoms with Crippen LogP contribution in [0.5, 0.6) is 5.75 Å². The summed E-state index contributed by atoms with van der Waals surface area (Å²) < 4.78 is 13.0. The second-order valence-corrected chi connectivity index (χ2v) is 7.54.